The van der Waals surface area contributed by atoms with Crippen molar-refractivity contribution in [2.24, 2.45) is 5.41 Å². The predicted molar refractivity (Wildman–Crippen MR) is 72.4 cm³/mol. The molecule has 20 heavy (non-hydrogen) atoms. The molecule has 0 aromatic heterocycles. The van der Waals surface area contributed by atoms with Gasteiger partial charge in [0, 0.05) is 18.7 Å². The molecule has 1 saturated heterocycles. The Kier molecular flexibility index (Phi) is 3.15. The first-order valence-corrected chi connectivity index (χ1v) is 8.01. The average Bonchev–Trinajstić information content (AvgIpc) is 2.28. The molecule has 2 atom stereocenters. The zero-order valence-electron chi connectivity index (χ0n) is 12.3. The first-order chi connectivity index (χ1) is 8.98. The molecule has 0 aliphatic carbocycles. The third kappa shape index (κ3) is 1.76. The van der Waals surface area contributed by atoms with Crippen molar-refractivity contribution in [3.8, 4) is 0 Å². The summed E-state index contributed by atoms with van der Waals surface area (Å²) in [6.07, 6.45) is 1.49. The number of rotatable bonds is 2. The van der Waals surface area contributed by atoms with Gasteiger partial charge in [-0.05, 0) is 12.5 Å². The van der Waals surface area contributed by atoms with Gasteiger partial charge in [-0.1, -0.05) is 20.8 Å². The minimum absolute atomic E-state index is 0.163. The monoisotopic (exact) mass is 301 g/mol. The van der Waals surface area contributed by atoms with Gasteiger partial charge in [0.1, 0.15) is 0 Å². The van der Waals surface area contributed by atoms with E-state index in [0.717, 1.165) is 4.90 Å². The second-order valence-corrected chi connectivity index (χ2v) is 8.43. The largest absolute Gasteiger partial charge is 0.358 e. The number of fused-ring (bicyclic) bond motifs is 1. The lowest BCUT2D eigenvalue weighted by Crippen LogP contribution is -2.80. The number of hydrogen-bond acceptors (Lipinski definition) is 5. The van der Waals surface area contributed by atoms with Crippen molar-refractivity contribution in [3.05, 3.63) is 11.8 Å². The van der Waals surface area contributed by atoms with Crippen molar-refractivity contribution in [2.45, 2.75) is 38.7 Å². The quantitative estimate of drug-likeness (QED) is 0.547. The Morgan fingerprint density at radius 2 is 2.00 bits per heavy atom. The second-order valence-electron chi connectivity index (χ2n) is 6.37. The maximum atomic E-state index is 12.6. The van der Waals surface area contributed by atoms with Gasteiger partial charge < -0.3 is 4.74 Å². The van der Waals surface area contributed by atoms with E-state index in [1.165, 1.54) is 13.3 Å². The van der Waals surface area contributed by atoms with Gasteiger partial charge in [0.2, 0.25) is 5.60 Å². The molecule has 2 rings (SSSR count). The van der Waals surface area contributed by atoms with Crippen molar-refractivity contribution >= 4 is 21.5 Å². The zero-order chi connectivity index (χ0) is 15.5. The fourth-order valence-corrected chi connectivity index (χ4v) is 4.98. The van der Waals surface area contributed by atoms with E-state index in [2.05, 4.69) is 0 Å². The third-order valence-electron chi connectivity index (χ3n) is 3.62. The van der Waals surface area contributed by atoms with Crippen molar-refractivity contribution in [1.82, 2.24) is 4.90 Å². The molecular formula is C13H19NO5S. The van der Waals surface area contributed by atoms with E-state index < -0.39 is 37.9 Å². The van der Waals surface area contributed by atoms with Crippen LogP contribution in [-0.4, -0.2) is 48.8 Å². The van der Waals surface area contributed by atoms with Crippen LogP contribution in [0.3, 0.4) is 0 Å². The van der Waals surface area contributed by atoms with Crippen molar-refractivity contribution in [3.63, 3.8) is 0 Å². The molecule has 0 radical (unpaired) electrons. The van der Waals surface area contributed by atoms with Gasteiger partial charge in [0.05, 0.1) is 5.75 Å². The van der Waals surface area contributed by atoms with Crippen LogP contribution in [0.1, 0.15) is 27.7 Å². The number of hydrogen-bond donors (Lipinski definition) is 0. The molecular weight excluding hydrogens is 282 g/mol. The maximum Gasteiger partial charge on any atom is 0.271 e. The highest BCUT2D eigenvalue weighted by molar-refractivity contribution is 7.92. The van der Waals surface area contributed by atoms with Gasteiger partial charge in [-0.2, -0.15) is 0 Å². The minimum Gasteiger partial charge on any atom is -0.358 e. The highest BCUT2D eigenvalue weighted by Gasteiger charge is 2.72. The molecule has 0 bridgehead atoms. The number of ether oxygens (including phenoxy) is 1. The SMILES string of the molecule is CO[C@@]1(C(=O)C(C)(C)C)C(=O)N2C=C(C)CS(=O)(=O)[C@H]21. The Labute approximate surface area is 118 Å². The highest BCUT2D eigenvalue weighted by Crippen LogP contribution is 2.45. The van der Waals surface area contributed by atoms with E-state index in [0.29, 0.717) is 5.57 Å². The van der Waals surface area contributed by atoms with Crippen LogP contribution in [0.2, 0.25) is 0 Å². The van der Waals surface area contributed by atoms with Crippen LogP contribution in [0.5, 0.6) is 0 Å². The summed E-state index contributed by atoms with van der Waals surface area (Å²) < 4.78 is 29.8. The summed E-state index contributed by atoms with van der Waals surface area (Å²) in [5.41, 5.74) is -2.21. The summed E-state index contributed by atoms with van der Waals surface area (Å²) in [5.74, 6) is -1.27. The summed E-state index contributed by atoms with van der Waals surface area (Å²) in [4.78, 5) is 26.0. The Bertz CT molecular complexity index is 613. The van der Waals surface area contributed by atoms with Crippen LogP contribution in [0.15, 0.2) is 11.8 Å². The highest BCUT2D eigenvalue weighted by atomic mass is 32.2. The normalized spacial score (nSPS) is 32.2. The third-order valence-corrected chi connectivity index (χ3v) is 5.72. The standard InChI is InChI=1S/C13H19NO5S/c1-8-6-14-10(16)13(19-5,9(15)12(2,3)4)11(14)20(17,18)7-8/h6,11H,7H2,1-5H3/t11-,13-/m0/s1. The number of β-lactam (4-membered cyclic amide) rings is 1. The molecule has 2 aliphatic heterocycles. The average molecular weight is 301 g/mol. The van der Waals surface area contributed by atoms with Gasteiger partial charge >= 0.3 is 0 Å². The number of methoxy groups -OCH3 is 1. The molecule has 1 amide bonds. The molecule has 0 spiro atoms. The Balaban J connectivity index is 2.59. The van der Waals surface area contributed by atoms with Crippen LogP contribution in [0.25, 0.3) is 0 Å². The summed E-state index contributed by atoms with van der Waals surface area (Å²) in [6, 6.07) is 0. The molecule has 0 saturated carbocycles. The van der Waals surface area contributed by atoms with Gasteiger partial charge in [-0.15, -0.1) is 0 Å². The lowest BCUT2D eigenvalue weighted by atomic mass is 9.75. The van der Waals surface area contributed by atoms with E-state index in [1.807, 2.05) is 0 Å². The molecule has 2 heterocycles. The molecule has 1 fully saturated rings. The number of nitrogens with zero attached hydrogens (tertiary/aromatic N) is 1. The van der Waals surface area contributed by atoms with E-state index in [1.54, 1.807) is 27.7 Å². The van der Waals surface area contributed by atoms with Crippen molar-refractivity contribution in [1.29, 1.82) is 0 Å². The van der Waals surface area contributed by atoms with Crippen LogP contribution in [0, 0.1) is 5.41 Å². The lowest BCUT2D eigenvalue weighted by molar-refractivity contribution is -0.189. The van der Waals surface area contributed by atoms with Crippen LogP contribution in [-0.2, 0) is 24.2 Å². The molecule has 0 aromatic carbocycles. The Morgan fingerprint density at radius 1 is 1.45 bits per heavy atom. The number of sulfone groups is 1. The van der Waals surface area contributed by atoms with Crippen LogP contribution in [0.4, 0.5) is 0 Å². The molecule has 0 N–H and O–H groups in total. The first kappa shape index (κ1) is 15.2. The topological polar surface area (TPSA) is 80.8 Å². The number of carbonyl (C=O) groups is 2. The molecule has 7 heteroatoms. The number of carbonyl (C=O) groups excluding carboxylic acids is 2. The van der Waals surface area contributed by atoms with E-state index in [-0.39, 0.29) is 5.75 Å². The molecule has 6 nitrogen and oxygen atoms in total. The van der Waals surface area contributed by atoms with Gasteiger partial charge in [-0.3, -0.25) is 14.5 Å². The second kappa shape index (κ2) is 4.14. The summed E-state index contributed by atoms with van der Waals surface area (Å²) in [5, 5.41) is -1.25. The van der Waals surface area contributed by atoms with E-state index in [4.69, 9.17) is 4.74 Å². The van der Waals surface area contributed by atoms with E-state index >= 15 is 0 Å². The van der Waals surface area contributed by atoms with E-state index in [9.17, 15) is 18.0 Å². The Morgan fingerprint density at radius 3 is 2.45 bits per heavy atom. The fraction of sp³-hybridized carbons (Fsp3) is 0.692. The maximum absolute atomic E-state index is 12.6. The summed E-state index contributed by atoms with van der Waals surface area (Å²) in [7, 11) is -2.43. The smallest absolute Gasteiger partial charge is 0.271 e. The molecule has 2 aliphatic rings. The number of Topliss-reactive ketones (excluding diaryl/α,β-unsaturated/α-hetero) is 1. The summed E-state index contributed by atoms with van der Waals surface area (Å²) in [6.45, 7) is 6.56. The number of amides is 1. The van der Waals surface area contributed by atoms with Crippen LogP contribution >= 0.6 is 0 Å². The number of ketones is 1. The minimum atomic E-state index is -3.64. The molecule has 112 valence electrons. The van der Waals surface area contributed by atoms with Gasteiger partial charge in [-0.25, -0.2) is 8.42 Å². The first-order valence-electron chi connectivity index (χ1n) is 6.30. The molecule has 0 unspecified atom stereocenters. The van der Waals surface area contributed by atoms with Gasteiger partial charge in [0.25, 0.3) is 5.91 Å². The van der Waals surface area contributed by atoms with Crippen LogP contribution < -0.4 is 0 Å². The lowest BCUT2D eigenvalue weighted by Gasteiger charge is -2.54. The molecule has 0 aromatic rings. The summed E-state index contributed by atoms with van der Waals surface area (Å²) >= 11 is 0. The van der Waals surface area contributed by atoms with Crippen molar-refractivity contribution < 1.29 is 22.7 Å². The predicted octanol–water partition coefficient (Wildman–Crippen LogP) is 0.487. The van der Waals surface area contributed by atoms with Gasteiger partial charge in [0.15, 0.2) is 21.0 Å². The fourth-order valence-electron chi connectivity index (χ4n) is 2.80. The zero-order valence-corrected chi connectivity index (χ0v) is 13.1. The van der Waals surface area contributed by atoms with Crippen molar-refractivity contribution in [2.75, 3.05) is 12.9 Å². The Hall–Kier alpha value is -1.21.